The Bertz CT molecular complexity index is 816. The molecule has 2 heterocycles. The molecule has 1 aliphatic rings. The Balaban J connectivity index is 1.93. The van der Waals surface area contributed by atoms with Crippen LogP contribution in [0.15, 0.2) is 28.8 Å². The minimum atomic E-state index is -1.02. The molecule has 2 unspecified atom stereocenters. The summed E-state index contributed by atoms with van der Waals surface area (Å²) < 4.78 is 18.4. The molecule has 2 amide bonds. The van der Waals surface area contributed by atoms with Crippen LogP contribution in [0.25, 0.3) is 11.3 Å². The van der Waals surface area contributed by atoms with Gasteiger partial charge < -0.3 is 19.8 Å². The van der Waals surface area contributed by atoms with Crippen LogP contribution in [0.5, 0.6) is 0 Å². The number of aliphatic hydroxyl groups is 1. The topological polar surface area (TPSA) is 95.7 Å². The average molecular weight is 361 g/mol. The molecular weight excluding hydrogens is 341 g/mol. The van der Waals surface area contributed by atoms with Gasteiger partial charge in [0.05, 0.1) is 0 Å². The van der Waals surface area contributed by atoms with Crippen molar-refractivity contribution in [2.24, 2.45) is 0 Å². The number of aliphatic hydroxyl groups excluding tert-OH is 1. The Morgan fingerprint density at radius 1 is 1.38 bits per heavy atom. The lowest BCUT2D eigenvalue weighted by Gasteiger charge is -2.17. The van der Waals surface area contributed by atoms with Gasteiger partial charge in [0, 0.05) is 31.6 Å². The van der Waals surface area contributed by atoms with Gasteiger partial charge in [0.25, 0.3) is 5.91 Å². The van der Waals surface area contributed by atoms with E-state index < -0.39 is 11.9 Å². The highest BCUT2D eigenvalue weighted by Gasteiger charge is 2.33. The quantitative estimate of drug-likeness (QED) is 0.867. The molecule has 2 atom stereocenters. The first-order chi connectivity index (χ1) is 12.4. The second kappa shape index (κ2) is 7.25. The predicted octanol–water partition coefficient (Wildman–Crippen LogP) is 1.88. The number of likely N-dealkylation sites (tertiary alicyclic amines) is 1. The third-order valence-electron chi connectivity index (χ3n) is 4.31. The lowest BCUT2D eigenvalue weighted by molar-refractivity contribution is -0.119. The maximum absolute atomic E-state index is 13.2. The van der Waals surface area contributed by atoms with Crippen LogP contribution in [0.2, 0.25) is 0 Å². The van der Waals surface area contributed by atoms with Crippen LogP contribution in [0.3, 0.4) is 0 Å². The lowest BCUT2D eigenvalue weighted by Crippen LogP contribution is -2.37. The van der Waals surface area contributed by atoms with Crippen LogP contribution in [0.1, 0.15) is 42.5 Å². The molecule has 2 N–H and O–H groups in total. The molecule has 26 heavy (non-hydrogen) atoms. The zero-order valence-electron chi connectivity index (χ0n) is 14.5. The van der Waals surface area contributed by atoms with Gasteiger partial charge in [-0.25, -0.2) is 4.39 Å². The first kappa shape index (κ1) is 18.1. The van der Waals surface area contributed by atoms with E-state index in [1.54, 1.807) is 4.90 Å². The summed E-state index contributed by atoms with van der Waals surface area (Å²) in [4.78, 5) is 25.9. The largest absolute Gasteiger partial charge is 0.385 e. The number of amides is 2. The number of carbonyl (C=O) groups is 2. The number of benzene rings is 1. The fourth-order valence-corrected chi connectivity index (χ4v) is 3.11. The summed E-state index contributed by atoms with van der Waals surface area (Å²) in [6, 6.07) is 5.42. The molecular formula is C18H20FN3O4. The number of halogens is 1. The van der Waals surface area contributed by atoms with E-state index in [2.05, 4.69) is 10.5 Å². The van der Waals surface area contributed by atoms with E-state index in [4.69, 9.17) is 4.52 Å². The smallest absolute Gasteiger partial charge is 0.259 e. The molecule has 1 aromatic carbocycles. The first-order valence-corrected chi connectivity index (χ1v) is 8.36. The van der Waals surface area contributed by atoms with E-state index in [1.165, 1.54) is 38.1 Å². The van der Waals surface area contributed by atoms with Crippen molar-refractivity contribution < 1.29 is 23.6 Å². The van der Waals surface area contributed by atoms with Crippen LogP contribution >= 0.6 is 0 Å². The Kier molecular flexibility index (Phi) is 5.03. The number of hydrogen-bond acceptors (Lipinski definition) is 5. The van der Waals surface area contributed by atoms with Crippen LogP contribution in [-0.2, 0) is 4.79 Å². The fraction of sp³-hybridized carbons (Fsp3) is 0.389. The van der Waals surface area contributed by atoms with Gasteiger partial charge in [0.15, 0.2) is 5.76 Å². The maximum Gasteiger partial charge on any atom is 0.259 e. The molecule has 0 bridgehead atoms. The van der Waals surface area contributed by atoms with Gasteiger partial charge in [-0.05, 0) is 37.6 Å². The monoisotopic (exact) mass is 361 g/mol. The van der Waals surface area contributed by atoms with Crippen molar-refractivity contribution in [1.29, 1.82) is 0 Å². The summed E-state index contributed by atoms with van der Waals surface area (Å²) >= 11 is 0. The van der Waals surface area contributed by atoms with E-state index in [0.717, 1.165) is 0 Å². The van der Waals surface area contributed by atoms with Gasteiger partial charge in [-0.3, -0.25) is 9.59 Å². The van der Waals surface area contributed by atoms with Crippen molar-refractivity contribution in [1.82, 2.24) is 15.4 Å². The van der Waals surface area contributed by atoms with Crippen molar-refractivity contribution >= 4 is 11.8 Å². The van der Waals surface area contributed by atoms with Gasteiger partial charge >= 0.3 is 0 Å². The SMILES string of the molecule is CC(=O)NC1CCN(C(=O)c2c(-c3ccc(F)cc3)noc2C(C)O)C1. The molecule has 0 aliphatic carbocycles. The molecule has 8 heteroatoms. The van der Waals surface area contributed by atoms with Crippen LogP contribution in [-0.4, -0.2) is 46.1 Å². The Morgan fingerprint density at radius 3 is 2.69 bits per heavy atom. The van der Waals surface area contributed by atoms with E-state index in [1.807, 2.05) is 0 Å². The maximum atomic E-state index is 13.2. The van der Waals surface area contributed by atoms with Crippen LogP contribution in [0.4, 0.5) is 4.39 Å². The van der Waals surface area contributed by atoms with Crippen molar-refractivity contribution in [2.45, 2.75) is 32.4 Å². The number of rotatable bonds is 4. The molecule has 0 saturated carbocycles. The zero-order chi connectivity index (χ0) is 18.8. The van der Waals surface area contributed by atoms with Crippen molar-refractivity contribution in [3.05, 3.63) is 41.4 Å². The highest BCUT2D eigenvalue weighted by atomic mass is 19.1. The molecule has 3 rings (SSSR count). The predicted molar refractivity (Wildman–Crippen MR) is 90.7 cm³/mol. The number of hydrogen-bond donors (Lipinski definition) is 2. The molecule has 0 radical (unpaired) electrons. The number of nitrogens with one attached hydrogen (secondary N) is 1. The third-order valence-corrected chi connectivity index (χ3v) is 4.31. The highest BCUT2D eigenvalue weighted by molar-refractivity contribution is 6.01. The van der Waals surface area contributed by atoms with E-state index in [-0.39, 0.29) is 34.9 Å². The Labute approximate surface area is 149 Å². The average Bonchev–Trinajstić information content (AvgIpc) is 3.21. The molecule has 0 spiro atoms. The number of nitrogens with zero attached hydrogens (tertiary/aromatic N) is 2. The number of aromatic nitrogens is 1. The van der Waals surface area contributed by atoms with Gasteiger partial charge in [-0.1, -0.05) is 5.16 Å². The second-order valence-electron chi connectivity index (χ2n) is 6.39. The van der Waals surface area contributed by atoms with E-state index in [0.29, 0.717) is 25.1 Å². The Hall–Kier alpha value is -2.74. The standard InChI is InChI=1S/C18H20FN3O4/c1-10(23)17-15(16(21-26-17)12-3-5-13(19)6-4-12)18(25)22-8-7-14(9-22)20-11(2)24/h3-6,10,14,23H,7-9H2,1-2H3,(H,20,24). The number of carbonyl (C=O) groups excluding carboxylic acids is 2. The highest BCUT2D eigenvalue weighted by Crippen LogP contribution is 2.31. The van der Waals surface area contributed by atoms with Gasteiger partial charge in [-0.2, -0.15) is 0 Å². The summed E-state index contributed by atoms with van der Waals surface area (Å²) in [5.74, 6) is -0.823. The fourth-order valence-electron chi connectivity index (χ4n) is 3.11. The summed E-state index contributed by atoms with van der Waals surface area (Å²) in [5, 5.41) is 16.7. The van der Waals surface area contributed by atoms with Gasteiger partial charge in [0.2, 0.25) is 5.91 Å². The van der Waals surface area contributed by atoms with Gasteiger partial charge in [0.1, 0.15) is 23.2 Å². The van der Waals surface area contributed by atoms with E-state index in [9.17, 15) is 19.1 Å². The molecule has 1 aromatic heterocycles. The van der Waals surface area contributed by atoms with Crippen LogP contribution < -0.4 is 5.32 Å². The molecule has 1 fully saturated rings. The summed E-state index contributed by atoms with van der Waals surface area (Å²) in [7, 11) is 0. The molecule has 7 nitrogen and oxygen atoms in total. The zero-order valence-corrected chi connectivity index (χ0v) is 14.5. The first-order valence-electron chi connectivity index (χ1n) is 8.36. The summed E-state index contributed by atoms with van der Waals surface area (Å²) in [6.45, 7) is 3.75. The minimum Gasteiger partial charge on any atom is -0.385 e. The Morgan fingerprint density at radius 2 is 2.08 bits per heavy atom. The lowest BCUT2D eigenvalue weighted by atomic mass is 10.0. The van der Waals surface area contributed by atoms with Crippen molar-refractivity contribution in [2.75, 3.05) is 13.1 Å². The van der Waals surface area contributed by atoms with Crippen molar-refractivity contribution in [3.8, 4) is 11.3 Å². The molecule has 2 aromatic rings. The third kappa shape index (κ3) is 3.60. The minimum absolute atomic E-state index is 0.0669. The molecule has 138 valence electrons. The summed E-state index contributed by atoms with van der Waals surface area (Å²) in [5.41, 5.74) is 0.937. The molecule has 1 saturated heterocycles. The molecule has 1 aliphatic heterocycles. The van der Waals surface area contributed by atoms with E-state index >= 15 is 0 Å². The normalized spacial score (nSPS) is 18.0. The summed E-state index contributed by atoms with van der Waals surface area (Å²) in [6.07, 6.45) is -0.378. The van der Waals surface area contributed by atoms with Crippen molar-refractivity contribution in [3.63, 3.8) is 0 Å². The van der Waals surface area contributed by atoms with Gasteiger partial charge in [-0.15, -0.1) is 0 Å². The van der Waals surface area contributed by atoms with Crippen LogP contribution in [0, 0.1) is 5.82 Å². The second-order valence-corrected chi connectivity index (χ2v) is 6.39.